The van der Waals surface area contributed by atoms with Crippen molar-refractivity contribution in [2.45, 2.75) is 12.5 Å². The standard InChI is InChI=1S/C22H23N5O5/c23-21(24)13-1-4-15(5-2-13)25-22(32)18(29)12-20(31)27(9-10-28)16-6-7-17-14(11-16)3-8-19(30)26-17/h1-8,11,18,28-29H,9-10,12H2,(H3,23,24)(H,25,32)(H,26,30). The number of aliphatic hydroxyl groups excluding tert-OH is 2. The number of aromatic amines is 1. The number of anilines is 2. The van der Waals surface area contributed by atoms with E-state index in [2.05, 4.69) is 10.3 Å². The molecular formula is C22H23N5O5. The summed E-state index contributed by atoms with van der Waals surface area (Å²) < 4.78 is 0. The highest BCUT2D eigenvalue weighted by atomic mass is 16.3. The Kier molecular flexibility index (Phi) is 6.98. The van der Waals surface area contributed by atoms with Gasteiger partial charge in [0.1, 0.15) is 11.9 Å². The van der Waals surface area contributed by atoms with Gasteiger partial charge in [-0.15, -0.1) is 0 Å². The third kappa shape index (κ3) is 5.36. The van der Waals surface area contributed by atoms with Gasteiger partial charge in [-0.1, -0.05) is 0 Å². The number of carbonyl (C=O) groups is 2. The van der Waals surface area contributed by atoms with Crippen molar-refractivity contribution in [3.8, 4) is 0 Å². The van der Waals surface area contributed by atoms with E-state index in [1.807, 2.05) is 0 Å². The average Bonchev–Trinajstić information content (AvgIpc) is 2.77. The lowest BCUT2D eigenvalue weighted by atomic mass is 10.1. The zero-order valence-corrected chi connectivity index (χ0v) is 17.0. The van der Waals surface area contributed by atoms with E-state index in [0.717, 1.165) is 0 Å². The Labute approximate surface area is 182 Å². The molecule has 0 aliphatic carbocycles. The predicted octanol–water partition coefficient (Wildman–Crippen LogP) is 0.527. The maximum absolute atomic E-state index is 12.8. The fourth-order valence-electron chi connectivity index (χ4n) is 3.13. The van der Waals surface area contributed by atoms with E-state index in [4.69, 9.17) is 11.1 Å². The molecule has 0 spiro atoms. The monoisotopic (exact) mass is 437 g/mol. The van der Waals surface area contributed by atoms with Gasteiger partial charge in [0.25, 0.3) is 5.91 Å². The van der Waals surface area contributed by atoms with Crippen LogP contribution in [0.25, 0.3) is 10.9 Å². The number of rotatable bonds is 8. The summed E-state index contributed by atoms with van der Waals surface area (Å²) >= 11 is 0. The molecule has 0 aliphatic rings. The number of H-pyrrole nitrogens is 1. The Balaban J connectivity index is 1.70. The molecule has 32 heavy (non-hydrogen) atoms. The third-order valence-electron chi connectivity index (χ3n) is 4.78. The van der Waals surface area contributed by atoms with Gasteiger partial charge in [-0.2, -0.15) is 0 Å². The van der Waals surface area contributed by atoms with Crippen LogP contribution in [-0.2, 0) is 9.59 Å². The van der Waals surface area contributed by atoms with Crippen molar-refractivity contribution in [3.05, 3.63) is 70.5 Å². The van der Waals surface area contributed by atoms with Gasteiger partial charge in [-0.25, -0.2) is 0 Å². The average molecular weight is 437 g/mol. The molecule has 10 nitrogen and oxygen atoms in total. The molecule has 0 fully saturated rings. The molecule has 2 aromatic carbocycles. The maximum atomic E-state index is 12.8. The number of aromatic nitrogens is 1. The van der Waals surface area contributed by atoms with Gasteiger partial charge in [0.2, 0.25) is 11.5 Å². The van der Waals surface area contributed by atoms with Crippen LogP contribution in [0.4, 0.5) is 11.4 Å². The fraction of sp³-hybridized carbons (Fsp3) is 0.182. The second-order valence-electron chi connectivity index (χ2n) is 7.06. The highest BCUT2D eigenvalue weighted by Crippen LogP contribution is 2.21. The number of amides is 2. The summed E-state index contributed by atoms with van der Waals surface area (Å²) in [7, 11) is 0. The number of nitrogens with two attached hydrogens (primary N) is 1. The largest absolute Gasteiger partial charge is 0.395 e. The highest BCUT2D eigenvalue weighted by molar-refractivity contribution is 6.01. The van der Waals surface area contributed by atoms with E-state index in [1.54, 1.807) is 36.4 Å². The third-order valence-corrected chi connectivity index (χ3v) is 4.78. The van der Waals surface area contributed by atoms with Crippen molar-refractivity contribution in [1.82, 2.24) is 4.98 Å². The van der Waals surface area contributed by atoms with Crippen LogP contribution in [0.5, 0.6) is 0 Å². The molecule has 1 aromatic heterocycles. The van der Waals surface area contributed by atoms with E-state index in [-0.39, 0.29) is 24.5 Å². The van der Waals surface area contributed by atoms with Crippen molar-refractivity contribution in [2.24, 2.45) is 5.73 Å². The Morgan fingerprint density at radius 2 is 1.84 bits per heavy atom. The molecule has 7 N–H and O–H groups in total. The number of nitrogens with one attached hydrogen (secondary N) is 3. The van der Waals surface area contributed by atoms with Gasteiger partial charge in [0, 0.05) is 40.5 Å². The van der Waals surface area contributed by atoms with Crippen LogP contribution in [0.2, 0.25) is 0 Å². The molecule has 2 amide bonds. The van der Waals surface area contributed by atoms with Gasteiger partial charge in [-0.3, -0.25) is 19.8 Å². The summed E-state index contributed by atoms with van der Waals surface area (Å²) in [4.78, 5) is 40.5. The van der Waals surface area contributed by atoms with Crippen molar-refractivity contribution in [1.29, 1.82) is 5.41 Å². The van der Waals surface area contributed by atoms with E-state index >= 15 is 0 Å². The molecule has 0 radical (unpaired) electrons. The number of nitrogens with zero attached hydrogens (tertiary/aromatic N) is 1. The second kappa shape index (κ2) is 9.86. The van der Waals surface area contributed by atoms with Crippen LogP contribution in [0.1, 0.15) is 12.0 Å². The van der Waals surface area contributed by atoms with E-state index in [1.165, 1.54) is 23.1 Å². The van der Waals surface area contributed by atoms with Crippen LogP contribution < -0.4 is 21.5 Å². The first-order chi connectivity index (χ1) is 15.3. The minimum absolute atomic E-state index is 0.0332. The van der Waals surface area contributed by atoms with Crippen LogP contribution >= 0.6 is 0 Å². The summed E-state index contributed by atoms with van der Waals surface area (Å²) in [6.07, 6.45) is -2.12. The van der Waals surface area contributed by atoms with Crippen LogP contribution in [0, 0.1) is 5.41 Å². The molecule has 166 valence electrons. The normalized spacial score (nSPS) is 11.7. The highest BCUT2D eigenvalue weighted by Gasteiger charge is 2.24. The lowest BCUT2D eigenvalue weighted by Gasteiger charge is -2.23. The van der Waals surface area contributed by atoms with E-state index < -0.39 is 24.3 Å². The summed E-state index contributed by atoms with van der Waals surface area (Å²) in [5.74, 6) is -1.44. The lowest BCUT2D eigenvalue weighted by molar-refractivity contribution is -0.129. The van der Waals surface area contributed by atoms with Gasteiger partial charge < -0.3 is 31.1 Å². The maximum Gasteiger partial charge on any atom is 0.253 e. The number of pyridine rings is 1. The van der Waals surface area contributed by atoms with Gasteiger partial charge in [0.15, 0.2) is 0 Å². The fourth-order valence-corrected chi connectivity index (χ4v) is 3.13. The summed E-state index contributed by atoms with van der Waals surface area (Å²) in [6, 6.07) is 14.0. The molecule has 0 bridgehead atoms. The Morgan fingerprint density at radius 1 is 1.12 bits per heavy atom. The SMILES string of the molecule is N=C(N)c1ccc(NC(=O)C(O)CC(=O)N(CCO)c2ccc3[nH]c(=O)ccc3c2)cc1. The molecule has 3 aromatic rings. The number of hydrogen-bond acceptors (Lipinski definition) is 6. The van der Waals surface area contributed by atoms with E-state index in [9.17, 15) is 24.6 Å². The number of nitrogen functional groups attached to an aromatic ring is 1. The predicted molar refractivity (Wildman–Crippen MR) is 121 cm³/mol. The van der Waals surface area contributed by atoms with Crippen LogP contribution in [0.3, 0.4) is 0 Å². The van der Waals surface area contributed by atoms with E-state index in [0.29, 0.717) is 27.8 Å². The number of benzene rings is 2. The molecule has 1 heterocycles. The van der Waals surface area contributed by atoms with Crippen molar-refractivity contribution in [3.63, 3.8) is 0 Å². The molecule has 10 heteroatoms. The molecule has 1 atom stereocenters. The Hall–Kier alpha value is -4.02. The first-order valence-electron chi connectivity index (χ1n) is 9.76. The minimum atomic E-state index is -1.62. The molecular weight excluding hydrogens is 414 g/mol. The van der Waals surface area contributed by atoms with Crippen molar-refractivity contribution in [2.75, 3.05) is 23.4 Å². The number of amidine groups is 1. The molecule has 3 rings (SSSR count). The zero-order valence-electron chi connectivity index (χ0n) is 17.0. The Morgan fingerprint density at radius 3 is 2.50 bits per heavy atom. The first-order valence-corrected chi connectivity index (χ1v) is 9.76. The number of fused-ring (bicyclic) bond motifs is 1. The molecule has 0 aliphatic heterocycles. The molecule has 0 saturated heterocycles. The zero-order chi connectivity index (χ0) is 23.3. The smallest absolute Gasteiger partial charge is 0.253 e. The van der Waals surface area contributed by atoms with Crippen molar-refractivity contribution >= 4 is 39.9 Å². The van der Waals surface area contributed by atoms with Crippen LogP contribution in [-0.4, -0.2) is 52.1 Å². The van der Waals surface area contributed by atoms with Crippen molar-refractivity contribution < 1.29 is 19.8 Å². The minimum Gasteiger partial charge on any atom is -0.395 e. The summed E-state index contributed by atoms with van der Waals surface area (Å²) in [5, 5.41) is 30.2. The molecule has 1 unspecified atom stereocenters. The van der Waals surface area contributed by atoms with Gasteiger partial charge >= 0.3 is 0 Å². The first kappa shape index (κ1) is 22.7. The van der Waals surface area contributed by atoms with Crippen LogP contribution in [0.15, 0.2) is 59.4 Å². The number of hydrogen-bond donors (Lipinski definition) is 6. The lowest BCUT2D eigenvalue weighted by Crippen LogP contribution is -2.39. The van der Waals surface area contributed by atoms with Gasteiger partial charge in [-0.05, 0) is 48.5 Å². The number of aliphatic hydroxyl groups is 2. The Bertz CT molecular complexity index is 1210. The summed E-state index contributed by atoms with van der Waals surface area (Å²) in [6.45, 7) is -0.352. The molecule has 0 saturated carbocycles. The number of carbonyl (C=O) groups excluding carboxylic acids is 2. The summed E-state index contributed by atoms with van der Waals surface area (Å²) in [5.41, 5.74) is 7.04. The quantitative estimate of drug-likeness (QED) is 0.221. The topological polar surface area (TPSA) is 173 Å². The van der Waals surface area contributed by atoms with Gasteiger partial charge in [0.05, 0.1) is 13.0 Å². The second-order valence-corrected chi connectivity index (χ2v) is 7.06.